The molecule has 0 radical (unpaired) electrons. The summed E-state index contributed by atoms with van der Waals surface area (Å²) in [6, 6.07) is 12.5. The maximum Gasteiger partial charge on any atom is 0.242 e. The fourth-order valence-corrected chi connectivity index (χ4v) is 4.79. The third-order valence-electron chi connectivity index (χ3n) is 4.58. The van der Waals surface area contributed by atoms with E-state index in [1.165, 1.54) is 37.6 Å². The van der Waals surface area contributed by atoms with Crippen molar-refractivity contribution in [2.24, 2.45) is 0 Å². The molecule has 2 aromatic carbocycles. The molecule has 2 heterocycles. The van der Waals surface area contributed by atoms with Crippen molar-refractivity contribution in [2.45, 2.75) is 24.3 Å². The Morgan fingerprint density at radius 1 is 1.17 bits per heavy atom. The van der Waals surface area contributed by atoms with Gasteiger partial charge in [-0.15, -0.1) is 5.10 Å². The molecular weight excluding hydrogens is 424 g/mol. The van der Waals surface area contributed by atoms with Crippen LogP contribution in [0.3, 0.4) is 0 Å². The number of aromatic nitrogens is 4. The van der Waals surface area contributed by atoms with Crippen LogP contribution < -0.4 is 5.32 Å². The number of thiazole rings is 1. The number of anilines is 1. The fourth-order valence-electron chi connectivity index (χ4n) is 2.99. The number of benzene rings is 2. The monoisotopic (exact) mass is 444 g/mol. The van der Waals surface area contributed by atoms with Crippen LogP contribution in [-0.2, 0) is 21.4 Å². The SMILES string of the molecule is CN(C)S(=O)(=O)c1ccc2c(c1)nnn2CCCC(=O)Nc1nc2ccccc2s1. The number of para-hydroxylation sites is 1. The summed E-state index contributed by atoms with van der Waals surface area (Å²) in [4.78, 5) is 16.8. The Labute approximate surface area is 177 Å². The summed E-state index contributed by atoms with van der Waals surface area (Å²) in [6.45, 7) is 0.490. The number of sulfonamides is 1. The van der Waals surface area contributed by atoms with Gasteiger partial charge in [0, 0.05) is 27.1 Å². The van der Waals surface area contributed by atoms with Gasteiger partial charge < -0.3 is 5.32 Å². The number of amides is 1. The van der Waals surface area contributed by atoms with E-state index in [9.17, 15) is 13.2 Å². The largest absolute Gasteiger partial charge is 0.302 e. The Bertz CT molecular complexity index is 1290. The van der Waals surface area contributed by atoms with E-state index in [-0.39, 0.29) is 10.8 Å². The molecule has 0 atom stereocenters. The molecule has 2 aromatic heterocycles. The summed E-state index contributed by atoms with van der Waals surface area (Å²) in [5.41, 5.74) is 2.08. The normalized spacial score (nSPS) is 12.1. The highest BCUT2D eigenvalue weighted by Crippen LogP contribution is 2.25. The first-order valence-electron chi connectivity index (χ1n) is 9.26. The molecule has 0 aliphatic rings. The molecule has 0 spiro atoms. The molecule has 1 N–H and O–H groups in total. The van der Waals surface area contributed by atoms with Crippen LogP contribution in [0.15, 0.2) is 47.4 Å². The number of carbonyl (C=O) groups excluding carboxylic acids is 1. The van der Waals surface area contributed by atoms with Crippen LogP contribution in [0.4, 0.5) is 5.13 Å². The van der Waals surface area contributed by atoms with Gasteiger partial charge in [-0.05, 0) is 36.8 Å². The average molecular weight is 445 g/mol. The van der Waals surface area contributed by atoms with E-state index in [1.54, 1.807) is 10.7 Å². The molecule has 0 saturated carbocycles. The van der Waals surface area contributed by atoms with Gasteiger partial charge in [0.2, 0.25) is 15.9 Å². The first-order chi connectivity index (χ1) is 14.3. The standard InChI is InChI=1S/C19H20N6O3S2/c1-24(2)30(27,28)13-9-10-16-15(12-13)22-23-25(16)11-5-8-18(26)21-19-20-14-6-3-4-7-17(14)29-19/h3-4,6-7,9-10,12H,5,8,11H2,1-2H3,(H,20,21,26). The minimum Gasteiger partial charge on any atom is -0.302 e. The molecule has 0 unspecified atom stereocenters. The van der Waals surface area contributed by atoms with Crippen LogP contribution in [0.2, 0.25) is 0 Å². The van der Waals surface area contributed by atoms with Crippen LogP contribution in [-0.4, -0.2) is 52.7 Å². The van der Waals surface area contributed by atoms with Crippen LogP contribution in [0.5, 0.6) is 0 Å². The smallest absolute Gasteiger partial charge is 0.242 e. The highest BCUT2D eigenvalue weighted by Gasteiger charge is 2.18. The maximum absolute atomic E-state index is 12.3. The highest BCUT2D eigenvalue weighted by atomic mass is 32.2. The zero-order valence-electron chi connectivity index (χ0n) is 16.4. The van der Waals surface area contributed by atoms with E-state index >= 15 is 0 Å². The number of nitrogens with zero attached hydrogens (tertiary/aromatic N) is 5. The number of hydrogen-bond donors (Lipinski definition) is 1. The lowest BCUT2D eigenvalue weighted by atomic mass is 10.3. The molecule has 4 aromatic rings. The maximum atomic E-state index is 12.3. The van der Waals surface area contributed by atoms with Gasteiger partial charge in [0.25, 0.3) is 0 Å². The molecule has 11 heteroatoms. The molecule has 9 nitrogen and oxygen atoms in total. The van der Waals surface area contributed by atoms with Gasteiger partial charge in [-0.2, -0.15) is 0 Å². The molecule has 0 bridgehead atoms. The summed E-state index contributed by atoms with van der Waals surface area (Å²) >= 11 is 1.44. The molecule has 1 amide bonds. The Morgan fingerprint density at radius 2 is 1.97 bits per heavy atom. The van der Waals surface area contributed by atoms with E-state index in [2.05, 4.69) is 20.6 Å². The highest BCUT2D eigenvalue weighted by molar-refractivity contribution is 7.89. The summed E-state index contributed by atoms with van der Waals surface area (Å²) in [7, 11) is -0.565. The van der Waals surface area contributed by atoms with Crippen molar-refractivity contribution in [3.8, 4) is 0 Å². The minimum absolute atomic E-state index is 0.113. The lowest BCUT2D eigenvalue weighted by Crippen LogP contribution is -2.22. The van der Waals surface area contributed by atoms with Gasteiger partial charge in [-0.3, -0.25) is 4.79 Å². The van der Waals surface area contributed by atoms with E-state index in [1.807, 2.05) is 24.3 Å². The van der Waals surface area contributed by atoms with Crippen LogP contribution in [0.25, 0.3) is 21.3 Å². The molecule has 4 rings (SSSR count). The second kappa shape index (κ2) is 8.09. The predicted molar refractivity (Wildman–Crippen MR) is 116 cm³/mol. The number of rotatable bonds is 7. The Morgan fingerprint density at radius 3 is 2.73 bits per heavy atom. The van der Waals surface area contributed by atoms with Crippen LogP contribution in [0, 0.1) is 0 Å². The minimum atomic E-state index is -3.53. The first kappa shape index (κ1) is 20.4. The van der Waals surface area contributed by atoms with Gasteiger partial charge in [0.1, 0.15) is 5.52 Å². The second-order valence-electron chi connectivity index (χ2n) is 6.89. The molecule has 30 heavy (non-hydrogen) atoms. The van der Waals surface area contributed by atoms with Crippen molar-refractivity contribution in [3.63, 3.8) is 0 Å². The summed E-state index contributed by atoms with van der Waals surface area (Å²) < 4.78 is 28.4. The fraction of sp³-hybridized carbons (Fsp3) is 0.263. The number of nitrogens with one attached hydrogen (secondary N) is 1. The van der Waals surface area contributed by atoms with E-state index in [0.717, 1.165) is 20.0 Å². The summed E-state index contributed by atoms with van der Waals surface area (Å²) in [5, 5.41) is 11.6. The number of carbonyl (C=O) groups is 1. The Hall–Kier alpha value is -2.89. The number of aryl methyl sites for hydroxylation is 1. The topological polar surface area (TPSA) is 110 Å². The predicted octanol–water partition coefficient (Wildman–Crippen LogP) is 2.71. The summed E-state index contributed by atoms with van der Waals surface area (Å²) in [5.74, 6) is -0.113. The van der Waals surface area contributed by atoms with Crippen molar-refractivity contribution < 1.29 is 13.2 Å². The van der Waals surface area contributed by atoms with Crippen molar-refractivity contribution in [3.05, 3.63) is 42.5 Å². The van der Waals surface area contributed by atoms with Crippen molar-refractivity contribution in [2.75, 3.05) is 19.4 Å². The van der Waals surface area contributed by atoms with Crippen LogP contribution in [0.1, 0.15) is 12.8 Å². The first-order valence-corrected chi connectivity index (χ1v) is 11.5. The quantitative estimate of drug-likeness (QED) is 0.469. The second-order valence-corrected chi connectivity index (χ2v) is 10.1. The summed E-state index contributed by atoms with van der Waals surface area (Å²) in [6.07, 6.45) is 0.872. The number of hydrogen-bond acceptors (Lipinski definition) is 7. The lowest BCUT2D eigenvalue weighted by molar-refractivity contribution is -0.116. The third-order valence-corrected chi connectivity index (χ3v) is 7.34. The van der Waals surface area contributed by atoms with Gasteiger partial charge in [-0.1, -0.05) is 28.7 Å². The molecule has 0 aliphatic carbocycles. The molecule has 0 aliphatic heterocycles. The average Bonchev–Trinajstić information content (AvgIpc) is 3.30. The van der Waals surface area contributed by atoms with Gasteiger partial charge in [-0.25, -0.2) is 22.4 Å². The van der Waals surface area contributed by atoms with E-state index in [4.69, 9.17) is 0 Å². The lowest BCUT2D eigenvalue weighted by Gasteiger charge is -2.11. The van der Waals surface area contributed by atoms with E-state index in [0.29, 0.717) is 30.0 Å². The zero-order valence-corrected chi connectivity index (χ0v) is 18.1. The number of fused-ring (bicyclic) bond motifs is 2. The molecular formula is C19H20N6O3S2. The van der Waals surface area contributed by atoms with Crippen molar-refractivity contribution in [1.29, 1.82) is 0 Å². The molecule has 156 valence electrons. The zero-order chi connectivity index (χ0) is 21.3. The molecule has 0 fully saturated rings. The Kier molecular flexibility index (Phi) is 5.50. The van der Waals surface area contributed by atoms with E-state index < -0.39 is 10.0 Å². The van der Waals surface area contributed by atoms with Crippen molar-refractivity contribution >= 4 is 53.6 Å². The van der Waals surface area contributed by atoms with Gasteiger partial charge in [0.15, 0.2) is 5.13 Å². The Balaban J connectivity index is 1.38. The third kappa shape index (κ3) is 4.04. The molecule has 0 saturated heterocycles. The van der Waals surface area contributed by atoms with Crippen LogP contribution >= 0.6 is 11.3 Å². The van der Waals surface area contributed by atoms with Gasteiger partial charge in [0.05, 0.1) is 20.6 Å². The van der Waals surface area contributed by atoms with Crippen molar-refractivity contribution in [1.82, 2.24) is 24.3 Å². The van der Waals surface area contributed by atoms with Gasteiger partial charge >= 0.3 is 0 Å².